The summed E-state index contributed by atoms with van der Waals surface area (Å²) < 4.78 is 1.61. The third-order valence-electron chi connectivity index (χ3n) is 0.971. The van der Waals surface area contributed by atoms with Crippen LogP contribution in [0.2, 0.25) is 0 Å². The van der Waals surface area contributed by atoms with Crippen LogP contribution in [0.4, 0.5) is 0 Å². The molecule has 0 fully saturated rings. The van der Waals surface area contributed by atoms with Gasteiger partial charge in [-0.3, -0.25) is 10.2 Å². The molecule has 0 amide bonds. The molecule has 2 heterocycles. The molecule has 0 aliphatic rings. The lowest BCUT2D eigenvalue weighted by molar-refractivity contribution is 0.954. The quantitative estimate of drug-likeness (QED) is 0.463. The second-order valence-corrected chi connectivity index (χ2v) is 1.46. The Kier molecular flexibility index (Phi) is 0.498. The van der Waals surface area contributed by atoms with Crippen LogP contribution in [0.15, 0.2) is 18.6 Å². The summed E-state index contributed by atoms with van der Waals surface area (Å²) in [5.41, 5.74) is 0.796. The number of rotatable bonds is 0. The zero-order valence-electron chi connectivity index (χ0n) is 4.02. The van der Waals surface area contributed by atoms with Gasteiger partial charge < -0.3 is 9.61 Å². The third-order valence-corrected chi connectivity index (χ3v) is 0.971. The zero-order chi connectivity index (χ0) is 5.40. The fraction of sp³-hybridized carbons (Fsp3) is 0. The largest absolute Gasteiger partial charge is 0.353 e. The average Bonchev–Trinajstić information content (AvgIpc) is 2.15. The van der Waals surface area contributed by atoms with E-state index in [2.05, 4.69) is 15.3 Å². The lowest BCUT2D eigenvalue weighted by Gasteiger charge is -1.82. The Morgan fingerprint density at radius 3 is 3.50 bits per heavy atom. The molecule has 2 rings (SSSR count). The van der Waals surface area contributed by atoms with Crippen molar-refractivity contribution in [1.82, 2.24) is 19.8 Å². The summed E-state index contributed by atoms with van der Waals surface area (Å²) in [4.78, 5) is 0. The van der Waals surface area contributed by atoms with Gasteiger partial charge in [-0.1, -0.05) is 0 Å². The predicted octanol–water partition coefficient (Wildman–Crippen LogP) is -0.314. The lowest BCUT2D eigenvalue weighted by atomic mass is 10.7. The summed E-state index contributed by atoms with van der Waals surface area (Å²) in [5.74, 6) is 0. The summed E-state index contributed by atoms with van der Waals surface area (Å²) in [6, 6.07) is 1.80. The molecule has 0 radical (unpaired) electrons. The summed E-state index contributed by atoms with van der Waals surface area (Å²) in [6.45, 7) is 0. The summed E-state index contributed by atoms with van der Waals surface area (Å²) in [5, 5.41) is 11.2. The summed E-state index contributed by atoms with van der Waals surface area (Å²) in [6.07, 6.45) is 3.25. The van der Waals surface area contributed by atoms with Crippen molar-refractivity contribution in [2.24, 2.45) is 0 Å². The van der Waals surface area contributed by atoms with Crippen LogP contribution >= 0.6 is 0 Å². The predicted molar refractivity (Wildman–Crippen MR) is 26.3 cm³/mol. The zero-order valence-corrected chi connectivity index (χ0v) is 4.02. The molecule has 0 aromatic carbocycles. The molecule has 0 saturated heterocycles. The number of aromatic nitrogens is 4. The Morgan fingerprint density at radius 1 is 1.62 bits per heavy atom. The van der Waals surface area contributed by atoms with E-state index in [0.717, 1.165) is 5.65 Å². The van der Waals surface area contributed by atoms with Crippen molar-refractivity contribution >= 4 is 5.65 Å². The molecule has 0 saturated carbocycles. The fourth-order valence-corrected chi connectivity index (χ4v) is 0.609. The van der Waals surface area contributed by atoms with Crippen molar-refractivity contribution in [3.63, 3.8) is 0 Å². The Bertz CT molecular complexity index is 229. The van der Waals surface area contributed by atoms with E-state index in [1.54, 1.807) is 23.1 Å². The first kappa shape index (κ1) is 3.65. The molecule has 40 valence electrons. The molecule has 0 atom stereocenters. The van der Waals surface area contributed by atoms with Crippen LogP contribution in [0.3, 0.4) is 0 Å². The number of nitrogens with zero attached hydrogens (tertiary/aromatic N) is 4. The van der Waals surface area contributed by atoms with E-state index < -0.39 is 0 Å². The molecule has 8 heavy (non-hydrogen) atoms. The minimum Gasteiger partial charge on any atom is -0.353 e. The van der Waals surface area contributed by atoms with E-state index in [1.807, 2.05) is 0 Å². The Morgan fingerprint density at radius 2 is 2.62 bits per heavy atom. The van der Waals surface area contributed by atoms with Crippen LogP contribution in [0.5, 0.6) is 0 Å². The van der Waals surface area contributed by atoms with Crippen molar-refractivity contribution in [1.29, 1.82) is 0 Å². The van der Waals surface area contributed by atoms with E-state index in [0.29, 0.717) is 0 Å². The summed E-state index contributed by atoms with van der Waals surface area (Å²) in [7, 11) is 0. The first-order valence-corrected chi connectivity index (χ1v) is 2.24. The third kappa shape index (κ3) is 0.294. The molecule has 0 bridgehead atoms. The van der Waals surface area contributed by atoms with Gasteiger partial charge in [0.05, 0.1) is 0 Å². The van der Waals surface area contributed by atoms with Crippen LogP contribution in [-0.4, -0.2) is 14.7 Å². The molecule has 0 aliphatic carbocycles. The molecule has 0 N–H and O–H groups in total. The van der Waals surface area contributed by atoms with Gasteiger partial charge in [0.25, 0.3) is 0 Å². The van der Waals surface area contributed by atoms with Gasteiger partial charge >= 0.3 is 0 Å². The van der Waals surface area contributed by atoms with Crippen molar-refractivity contribution in [3.8, 4) is 0 Å². The smallest absolute Gasteiger partial charge is 0.0296 e. The van der Waals surface area contributed by atoms with Crippen molar-refractivity contribution < 1.29 is 0 Å². The molecule has 2 aromatic rings. The van der Waals surface area contributed by atoms with Crippen molar-refractivity contribution in [2.75, 3.05) is 0 Å². The van der Waals surface area contributed by atoms with E-state index >= 15 is 0 Å². The van der Waals surface area contributed by atoms with Gasteiger partial charge in [-0.2, -0.15) is 0 Å². The second kappa shape index (κ2) is 1.09. The molecule has 4 heteroatoms. The van der Waals surface area contributed by atoms with Gasteiger partial charge in [0.15, 0.2) is 0 Å². The summed E-state index contributed by atoms with van der Waals surface area (Å²) >= 11 is 0. The highest BCUT2D eigenvalue weighted by Gasteiger charge is 1.77. The molecular weight excluding hydrogens is 104 g/mol. The minimum atomic E-state index is 0.796. The fourth-order valence-electron chi connectivity index (χ4n) is 0.609. The van der Waals surface area contributed by atoms with Crippen LogP contribution in [0.1, 0.15) is 0 Å². The maximum absolute atomic E-state index is 3.87. The Labute approximate surface area is 45.1 Å². The van der Waals surface area contributed by atoms with Crippen molar-refractivity contribution in [3.05, 3.63) is 18.6 Å². The maximum atomic E-state index is 3.87. The standard InChI is InChI=1S/C4H3N4/c1-2-6-8-3-5-7-4(1)8/h1-3H/q-1. The van der Waals surface area contributed by atoms with Gasteiger partial charge in [-0.25, -0.2) is 0 Å². The van der Waals surface area contributed by atoms with Gasteiger partial charge in [-0.15, -0.1) is 0 Å². The van der Waals surface area contributed by atoms with E-state index in [-0.39, 0.29) is 0 Å². The topological polar surface area (TPSA) is 44.3 Å². The molecule has 2 aromatic heterocycles. The van der Waals surface area contributed by atoms with E-state index in [9.17, 15) is 0 Å². The normalized spacial score (nSPS) is 10.5. The Balaban J connectivity index is 3.06. The number of hydrogen-bond donors (Lipinski definition) is 0. The van der Waals surface area contributed by atoms with Crippen LogP contribution in [0.25, 0.3) is 5.65 Å². The van der Waals surface area contributed by atoms with Crippen LogP contribution in [-0.2, 0) is 0 Å². The second-order valence-electron chi connectivity index (χ2n) is 1.46. The number of fused-ring (bicyclic) bond motifs is 1. The first-order valence-electron chi connectivity index (χ1n) is 2.24. The molecule has 0 aliphatic heterocycles. The van der Waals surface area contributed by atoms with Gasteiger partial charge in [0, 0.05) is 12.5 Å². The Hall–Kier alpha value is -1.32. The monoisotopic (exact) mass is 107 g/mol. The van der Waals surface area contributed by atoms with Gasteiger partial charge in [-0.05, 0) is 11.7 Å². The highest BCUT2D eigenvalue weighted by Crippen LogP contribution is 1.90. The lowest BCUT2D eigenvalue weighted by Crippen LogP contribution is -1.75. The van der Waals surface area contributed by atoms with Crippen LogP contribution < -0.4 is 5.10 Å². The van der Waals surface area contributed by atoms with E-state index in [4.69, 9.17) is 0 Å². The maximum Gasteiger partial charge on any atom is 0.0296 e. The van der Waals surface area contributed by atoms with Crippen LogP contribution in [0, 0.1) is 0 Å². The first-order chi connectivity index (χ1) is 3.97. The molecule has 4 nitrogen and oxygen atoms in total. The minimum absolute atomic E-state index is 0.796. The molecule has 0 spiro atoms. The van der Waals surface area contributed by atoms with Gasteiger partial charge in [0.2, 0.25) is 0 Å². The molecule has 0 unspecified atom stereocenters. The highest BCUT2D eigenvalue weighted by atomic mass is 15.3. The average molecular weight is 107 g/mol. The van der Waals surface area contributed by atoms with E-state index in [1.165, 1.54) is 0 Å². The highest BCUT2D eigenvalue weighted by molar-refractivity contribution is 5.32. The SMILES string of the molecule is c1cc2[n-]ncn2n1. The number of hydrogen-bond acceptors (Lipinski definition) is 2. The van der Waals surface area contributed by atoms with Crippen molar-refractivity contribution in [2.45, 2.75) is 0 Å². The van der Waals surface area contributed by atoms with Gasteiger partial charge in [0.1, 0.15) is 0 Å². The molecular formula is C4H3N4-.